The molecule has 2 N–H and O–H groups in total. The van der Waals surface area contributed by atoms with Gasteiger partial charge in [-0.25, -0.2) is 0 Å². The second kappa shape index (κ2) is 8.77. The number of nitrogens with one attached hydrogen (secondary N) is 2. The van der Waals surface area contributed by atoms with Gasteiger partial charge in [-0.3, -0.25) is 9.59 Å². The zero-order valence-electron chi connectivity index (χ0n) is 13.5. The van der Waals surface area contributed by atoms with E-state index in [0.717, 1.165) is 0 Å². The molecule has 132 valence electrons. The summed E-state index contributed by atoms with van der Waals surface area (Å²) in [5.74, 6) is -0.702. The molecule has 1 atom stereocenters. The normalized spacial score (nSPS) is 11.7. The fourth-order valence-corrected chi connectivity index (χ4v) is 2.14. The number of amides is 2. The molecule has 0 fully saturated rings. The molecule has 0 saturated heterocycles. The minimum absolute atomic E-state index is 0.00751. The predicted octanol–water partition coefficient (Wildman–Crippen LogP) is 3.49. The Hall–Kier alpha value is -2.96. The van der Waals surface area contributed by atoms with E-state index in [1.807, 2.05) is 6.07 Å². The Kier molecular flexibility index (Phi) is 6.45. The van der Waals surface area contributed by atoms with Crippen molar-refractivity contribution < 1.29 is 23.1 Å². The highest BCUT2D eigenvalue weighted by atomic mass is 19.3. The van der Waals surface area contributed by atoms with E-state index in [1.165, 1.54) is 24.3 Å². The van der Waals surface area contributed by atoms with Crippen LogP contribution in [0.1, 0.15) is 24.9 Å². The van der Waals surface area contributed by atoms with E-state index in [-0.39, 0.29) is 18.1 Å². The van der Waals surface area contributed by atoms with Gasteiger partial charge in [0.1, 0.15) is 11.8 Å². The van der Waals surface area contributed by atoms with Gasteiger partial charge >= 0.3 is 6.61 Å². The molecule has 0 bridgehead atoms. The first-order valence-electron chi connectivity index (χ1n) is 7.69. The molecule has 0 unspecified atom stereocenters. The highest BCUT2D eigenvalue weighted by molar-refractivity contribution is 5.97. The second-order valence-corrected chi connectivity index (χ2v) is 5.16. The highest BCUT2D eigenvalue weighted by Crippen LogP contribution is 2.20. The Morgan fingerprint density at radius 3 is 2.24 bits per heavy atom. The van der Waals surface area contributed by atoms with Gasteiger partial charge in [0.2, 0.25) is 5.91 Å². The van der Waals surface area contributed by atoms with E-state index in [1.54, 1.807) is 31.2 Å². The number of carbonyl (C=O) groups is 2. The average Bonchev–Trinajstić information content (AvgIpc) is 2.61. The molecule has 0 aliphatic carbocycles. The van der Waals surface area contributed by atoms with Gasteiger partial charge in [-0.15, -0.1) is 0 Å². The quantitative estimate of drug-likeness (QED) is 0.805. The lowest BCUT2D eigenvalue weighted by Gasteiger charge is -2.18. The van der Waals surface area contributed by atoms with Crippen LogP contribution in [0.15, 0.2) is 54.6 Å². The van der Waals surface area contributed by atoms with Gasteiger partial charge < -0.3 is 15.4 Å². The smallest absolute Gasteiger partial charge is 0.387 e. The maximum absolute atomic E-state index is 12.6. The van der Waals surface area contributed by atoms with Crippen molar-refractivity contribution in [3.63, 3.8) is 0 Å². The summed E-state index contributed by atoms with van der Waals surface area (Å²) in [7, 11) is 0. The van der Waals surface area contributed by atoms with Crippen molar-refractivity contribution in [1.82, 2.24) is 5.32 Å². The lowest BCUT2D eigenvalue weighted by Crippen LogP contribution is -2.36. The summed E-state index contributed by atoms with van der Waals surface area (Å²) in [4.78, 5) is 24.3. The first kappa shape index (κ1) is 18.4. The van der Waals surface area contributed by atoms with Gasteiger partial charge in [0.25, 0.3) is 5.91 Å². The van der Waals surface area contributed by atoms with Gasteiger partial charge in [-0.05, 0) is 29.8 Å². The maximum atomic E-state index is 12.6. The molecule has 0 saturated carbocycles. The predicted molar refractivity (Wildman–Crippen MR) is 89.3 cm³/mol. The van der Waals surface area contributed by atoms with E-state index < -0.39 is 18.6 Å². The number of alkyl halides is 2. The summed E-state index contributed by atoms with van der Waals surface area (Å²) >= 11 is 0. The number of rotatable bonds is 7. The summed E-state index contributed by atoms with van der Waals surface area (Å²) < 4.78 is 28.6. The van der Waals surface area contributed by atoms with Crippen molar-refractivity contribution in [3.05, 3.63) is 60.2 Å². The minimum atomic E-state index is -2.91. The fraction of sp³-hybridized carbons (Fsp3) is 0.222. The second-order valence-electron chi connectivity index (χ2n) is 5.16. The zero-order chi connectivity index (χ0) is 18.2. The van der Waals surface area contributed by atoms with E-state index in [9.17, 15) is 18.4 Å². The van der Waals surface area contributed by atoms with E-state index in [0.29, 0.717) is 11.3 Å². The van der Waals surface area contributed by atoms with Crippen LogP contribution < -0.4 is 15.4 Å². The van der Waals surface area contributed by atoms with Crippen LogP contribution in [0.3, 0.4) is 0 Å². The van der Waals surface area contributed by atoms with Crippen LogP contribution in [0.2, 0.25) is 0 Å². The number of halogens is 2. The molecule has 2 aromatic carbocycles. The lowest BCUT2D eigenvalue weighted by molar-refractivity contribution is -0.126. The number of anilines is 1. The molecule has 7 heteroatoms. The van der Waals surface area contributed by atoms with Crippen molar-refractivity contribution in [2.45, 2.75) is 26.0 Å². The summed E-state index contributed by atoms with van der Waals surface area (Å²) in [5, 5.41) is 5.32. The van der Waals surface area contributed by atoms with Gasteiger partial charge in [0, 0.05) is 12.1 Å². The first-order valence-corrected chi connectivity index (χ1v) is 7.69. The summed E-state index contributed by atoms with van der Waals surface area (Å²) in [6.45, 7) is -1.22. The Labute approximate surface area is 144 Å². The molecule has 0 aliphatic rings. The van der Waals surface area contributed by atoms with Crippen molar-refractivity contribution >= 4 is 17.5 Å². The van der Waals surface area contributed by atoms with Crippen molar-refractivity contribution in [1.29, 1.82) is 0 Å². The van der Waals surface area contributed by atoms with E-state index >= 15 is 0 Å². The minimum Gasteiger partial charge on any atom is -0.435 e. The standard InChI is InChI=1S/C18H18F2N2O3/c1-2-15(23)22-16(12-6-4-3-5-7-12)17(24)21-13-8-10-14(11-9-13)25-18(19)20/h3-11,16,18H,2H2,1H3,(H,21,24)(H,22,23)/t16-/m0/s1. The first-order chi connectivity index (χ1) is 12.0. The number of hydrogen-bond donors (Lipinski definition) is 2. The van der Waals surface area contributed by atoms with E-state index in [2.05, 4.69) is 15.4 Å². The van der Waals surface area contributed by atoms with Crippen LogP contribution in [-0.2, 0) is 9.59 Å². The molecule has 0 radical (unpaired) electrons. The van der Waals surface area contributed by atoms with Crippen molar-refractivity contribution in [2.75, 3.05) is 5.32 Å². The molecule has 5 nitrogen and oxygen atoms in total. The average molecular weight is 348 g/mol. The lowest BCUT2D eigenvalue weighted by atomic mass is 10.1. The molecule has 2 amide bonds. The molecular weight excluding hydrogens is 330 g/mol. The maximum Gasteiger partial charge on any atom is 0.387 e. The van der Waals surface area contributed by atoms with Crippen LogP contribution >= 0.6 is 0 Å². The topological polar surface area (TPSA) is 67.4 Å². The number of benzene rings is 2. The van der Waals surface area contributed by atoms with Crippen LogP contribution in [0.5, 0.6) is 5.75 Å². The SMILES string of the molecule is CCC(=O)N[C@H](C(=O)Nc1ccc(OC(F)F)cc1)c1ccccc1. The number of carbonyl (C=O) groups excluding carboxylic acids is 2. The Balaban J connectivity index is 2.12. The molecular formula is C18H18F2N2O3. The van der Waals surface area contributed by atoms with Gasteiger partial charge in [0.15, 0.2) is 0 Å². The highest BCUT2D eigenvalue weighted by Gasteiger charge is 2.22. The molecule has 2 aromatic rings. The summed E-state index contributed by atoms with van der Waals surface area (Å²) in [5.41, 5.74) is 1.04. The van der Waals surface area contributed by atoms with Crippen LogP contribution in [0.25, 0.3) is 0 Å². The third-order valence-corrected chi connectivity index (χ3v) is 3.37. The number of ether oxygens (including phenoxy) is 1. The van der Waals surface area contributed by atoms with Gasteiger partial charge in [-0.1, -0.05) is 37.3 Å². The summed E-state index contributed by atoms with van der Waals surface area (Å²) in [6, 6.07) is 13.5. The molecule has 25 heavy (non-hydrogen) atoms. The fourth-order valence-electron chi connectivity index (χ4n) is 2.14. The monoisotopic (exact) mass is 348 g/mol. The summed E-state index contributed by atoms with van der Waals surface area (Å²) in [6.07, 6.45) is 0.246. The third kappa shape index (κ3) is 5.56. The Bertz CT molecular complexity index is 706. The molecule has 2 rings (SSSR count). The Morgan fingerprint density at radius 1 is 1.04 bits per heavy atom. The Morgan fingerprint density at radius 2 is 1.68 bits per heavy atom. The molecule has 0 heterocycles. The third-order valence-electron chi connectivity index (χ3n) is 3.37. The zero-order valence-corrected chi connectivity index (χ0v) is 13.5. The number of hydrogen-bond acceptors (Lipinski definition) is 3. The van der Waals surface area contributed by atoms with Gasteiger partial charge in [-0.2, -0.15) is 8.78 Å². The molecule has 0 aromatic heterocycles. The van der Waals surface area contributed by atoms with Crippen LogP contribution in [-0.4, -0.2) is 18.4 Å². The molecule has 0 aliphatic heterocycles. The largest absolute Gasteiger partial charge is 0.435 e. The van der Waals surface area contributed by atoms with Crippen LogP contribution in [0.4, 0.5) is 14.5 Å². The van der Waals surface area contributed by atoms with E-state index in [4.69, 9.17) is 0 Å². The van der Waals surface area contributed by atoms with Crippen LogP contribution in [0, 0.1) is 0 Å². The van der Waals surface area contributed by atoms with Gasteiger partial charge in [0.05, 0.1) is 0 Å². The van der Waals surface area contributed by atoms with Crippen molar-refractivity contribution in [3.8, 4) is 5.75 Å². The molecule has 0 spiro atoms. The van der Waals surface area contributed by atoms with Crippen molar-refractivity contribution in [2.24, 2.45) is 0 Å².